The van der Waals surface area contributed by atoms with Crippen molar-refractivity contribution in [3.8, 4) is 5.75 Å². The third kappa shape index (κ3) is 2.30. The summed E-state index contributed by atoms with van der Waals surface area (Å²) in [5.74, 6) is 0.862. The van der Waals surface area contributed by atoms with Crippen LogP contribution in [0.2, 0.25) is 0 Å². The first-order valence-corrected chi connectivity index (χ1v) is 5.70. The molecule has 3 heteroatoms. The Labute approximate surface area is 93.3 Å². The third-order valence-corrected chi connectivity index (χ3v) is 3.03. The van der Waals surface area contributed by atoms with Gasteiger partial charge in [0.25, 0.3) is 0 Å². The van der Waals surface area contributed by atoms with Gasteiger partial charge in [0.1, 0.15) is 12.4 Å². The van der Waals surface area contributed by atoms with Crippen LogP contribution in [0.15, 0.2) is 35.0 Å². The molecule has 0 saturated heterocycles. The van der Waals surface area contributed by atoms with E-state index in [1.165, 1.54) is 5.56 Å². The normalized spacial score (nSPS) is 10.2. The summed E-state index contributed by atoms with van der Waals surface area (Å²) in [5, 5.41) is 4.13. The van der Waals surface area contributed by atoms with E-state index in [-0.39, 0.29) is 0 Å². The van der Waals surface area contributed by atoms with Gasteiger partial charge in [-0.25, -0.2) is 0 Å². The second-order valence-corrected chi connectivity index (χ2v) is 4.17. The van der Waals surface area contributed by atoms with E-state index in [0.29, 0.717) is 6.61 Å². The van der Waals surface area contributed by atoms with Gasteiger partial charge in [0.2, 0.25) is 0 Å². The van der Waals surface area contributed by atoms with Crippen molar-refractivity contribution in [3.63, 3.8) is 0 Å². The number of nitrogens with two attached hydrogens (primary N) is 1. The van der Waals surface area contributed by atoms with Crippen LogP contribution in [0, 0.1) is 6.92 Å². The number of rotatable bonds is 3. The minimum atomic E-state index is 0.605. The van der Waals surface area contributed by atoms with Crippen molar-refractivity contribution in [1.82, 2.24) is 0 Å². The molecule has 78 valence electrons. The monoisotopic (exact) mass is 219 g/mol. The highest BCUT2D eigenvalue weighted by atomic mass is 32.1. The van der Waals surface area contributed by atoms with Crippen molar-refractivity contribution in [2.24, 2.45) is 0 Å². The quantitative estimate of drug-likeness (QED) is 0.804. The number of hydrogen-bond donors (Lipinski definition) is 1. The van der Waals surface area contributed by atoms with Crippen molar-refractivity contribution < 1.29 is 4.74 Å². The van der Waals surface area contributed by atoms with Gasteiger partial charge in [-0.15, -0.1) is 0 Å². The number of anilines is 1. The molecule has 0 amide bonds. The van der Waals surface area contributed by atoms with Gasteiger partial charge in [-0.2, -0.15) is 11.3 Å². The largest absolute Gasteiger partial charge is 0.489 e. The molecule has 2 N–H and O–H groups in total. The topological polar surface area (TPSA) is 35.2 Å². The Morgan fingerprint density at radius 3 is 2.93 bits per heavy atom. The average Bonchev–Trinajstić information content (AvgIpc) is 2.73. The molecule has 1 aromatic carbocycles. The van der Waals surface area contributed by atoms with Crippen LogP contribution in [-0.2, 0) is 6.61 Å². The smallest absolute Gasteiger partial charge is 0.124 e. The van der Waals surface area contributed by atoms with Crippen molar-refractivity contribution in [2.45, 2.75) is 13.5 Å². The molecule has 2 aromatic rings. The summed E-state index contributed by atoms with van der Waals surface area (Å²) in [6, 6.07) is 7.79. The van der Waals surface area contributed by atoms with E-state index < -0.39 is 0 Å². The van der Waals surface area contributed by atoms with E-state index in [4.69, 9.17) is 10.5 Å². The van der Waals surface area contributed by atoms with Gasteiger partial charge in [-0.05, 0) is 41.4 Å². The lowest BCUT2D eigenvalue weighted by molar-refractivity contribution is 0.305. The van der Waals surface area contributed by atoms with Crippen LogP contribution in [0.1, 0.15) is 11.1 Å². The molecule has 2 nitrogen and oxygen atoms in total. The maximum atomic E-state index is 5.79. The molecule has 1 aromatic heterocycles. The predicted octanol–water partition coefficient (Wildman–Crippen LogP) is 3.22. The highest BCUT2D eigenvalue weighted by Crippen LogP contribution is 2.23. The van der Waals surface area contributed by atoms with Crippen LogP contribution in [0.3, 0.4) is 0 Å². The summed E-state index contributed by atoms with van der Waals surface area (Å²) >= 11 is 1.68. The van der Waals surface area contributed by atoms with Crippen molar-refractivity contribution >= 4 is 17.0 Å². The fourth-order valence-electron chi connectivity index (χ4n) is 1.32. The Bertz CT molecular complexity index is 437. The molecule has 2 rings (SSSR count). The number of benzene rings is 1. The van der Waals surface area contributed by atoms with Crippen LogP contribution in [0.4, 0.5) is 5.69 Å². The fraction of sp³-hybridized carbons (Fsp3) is 0.167. The highest BCUT2D eigenvalue weighted by Gasteiger charge is 2.02. The number of thiophene rings is 1. The summed E-state index contributed by atoms with van der Waals surface area (Å²) in [7, 11) is 0. The molecule has 0 aliphatic carbocycles. The molecule has 0 fully saturated rings. The van der Waals surface area contributed by atoms with Gasteiger partial charge < -0.3 is 10.5 Å². The fourth-order valence-corrected chi connectivity index (χ4v) is 1.98. The standard InChI is InChI=1S/C12H13NOS/c1-9-11(13)3-2-4-12(9)14-7-10-5-6-15-8-10/h2-6,8H,7,13H2,1H3. The number of hydrogen-bond acceptors (Lipinski definition) is 3. The van der Waals surface area contributed by atoms with E-state index in [2.05, 4.69) is 11.4 Å². The summed E-state index contributed by atoms with van der Waals surface area (Å²) in [6.07, 6.45) is 0. The third-order valence-electron chi connectivity index (χ3n) is 2.30. The summed E-state index contributed by atoms with van der Waals surface area (Å²) in [4.78, 5) is 0. The maximum absolute atomic E-state index is 5.79. The van der Waals surface area contributed by atoms with E-state index >= 15 is 0 Å². The molecule has 0 radical (unpaired) electrons. The zero-order valence-electron chi connectivity index (χ0n) is 8.57. The lowest BCUT2D eigenvalue weighted by Gasteiger charge is -2.09. The van der Waals surface area contributed by atoms with Gasteiger partial charge in [-0.3, -0.25) is 0 Å². The van der Waals surface area contributed by atoms with Gasteiger partial charge >= 0.3 is 0 Å². The zero-order valence-corrected chi connectivity index (χ0v) is 9.38. The lowest BCUT2D eigenvalue weighted by atomic mass is 10.2. The average molecular weight is 219 g/mol. The minimum absolute atomic E-state index is 0.605. The number of nitrogen functional groups attached to an aromatic ring is 1. The van der Waals surface area contributed by atoms with Crippen LogP contribution in [0.5, 0.6) is 5.75 Å². The summed E-state index contributed by atoms with van der Waals surface area (Å²) in [5.41, 5.74) is 8.77. The number of ether oxygens (including phenoxy) is 1. The minimum Gasteiger partial charge on any atom is -0.489 e. The second kappa shape index (κ2) is 4.36. The molecule has 1 heterocycles. The molecular formula is C12H13NOS. The van der Waals surface area contributed by atoms with Crippen LogP contribution >= 0.6 is 11.3 Å². The van der Waals surface area contributed by atoms with Gasteiger partial charge in [0.15, 0.2) is 0 Å². The SMILES string of the molecule is Cc1c(N)cccc1OCc1ccsc1. The molecule has 0 bridgehead atoms. The Morgan fingerprint density at radius 2 is 2.20 bits per heavy atom. The first-order chi connectivity index (χ1) is 7.27. The van der Waals surface area contributed by atoms with Gasteiger partial charge in [0, 0.05) is 11.3 Å². The molecule has 0 atom stereocenters. The Hall–Kier alpha value is -1.48. The van der Waals surface area contributed by atoms with Crippen LogP contribution in [-0.4, -0.2) is 0 Å². The van der Waals surface area contributed by atoms with E-state index in [1.807, 2.05) is 30.5 Å². The Balaban J connectivity index is 2.08. The Kier molecular flexibility index (Phi) is 2.92. The highest BCUT2D eigenvalue weighted by molar-refractivity contribution is 7.07. The first kappa shape index (κ1) is 10.1. The molecule has 0 aliphatic rings. The van der Waals surface area contributed by atoms with Crippen LogP contribution in [0.25, 0.3) is 0 Å². The molecule has 15 heavy (non-hydrogen) atoms. The Morgan fingerprint density at radius 1 is 1.33 bits per heavy atom. The van der Waals surface area contributed by atoms with E-state index in [1.54, 1.807) is 11.3 Å². The molecule has 0 unspecified atom stereocenters. The molecule has 0 saturated carbocycles. The van der Waals surface area contributed by atoms with E-state index in [0.717, 1.165) is 17.0 Å². The molecular weight excluding hydrogens is 206 g/mol. The second-order valence-electron chi connectivity index (χ2n) is 3.39. The van der Waals surface area contributed by atoms with Gasteiger partial charge in [0.05, 0.1) is 0 Å². The molecule has 0 spiro atoms. The summed E-state index contributed by atoms with van der Waals surface area (Å²) in [6.45, 7) is 2.58. The lowest BCUT2D eigenvalue weighted by Crippen LogP contribution is -1.98. The van der Waals surface area contributed by atoms with Crippen LogP contribution < -0.4 is 10.5 Å². The first-order valence-electron chi connectivity index (χ1n) is 4.76. The zero-order chi connectivity index (χ0) is 10.7. The predicted molar refractivity (Wildman–Crippen MR) is 64.2 cm³/mol. The van der Waals surface area contributed by atoms with E-state index in [9.17, 15) is 0 Å². The van der Waals surface area contributed by atoms with Gasteiger partial charge in [-0.1, -0.05) is 6.07 Å². The van der Waals surface area contributed by atoms with Crippen molar-refractivity contribution in [1.29, 1.82) is 0 Å². The summed E-state index contributed by atoms with van der Waals surface area (Å²) < 4.78 is 5.69. The maximum Gasteiger partial charge on any atom is 0.124 e. The van der Waals surface area contributed by atoms with Crippen molar-refractivity contribution in [2.75, 3.05) is 5.73 Å². The molecule has 0 aliphatic heterocycles. The van der Waals surface area contributed by atoms with Crippen molar-refractivity contribution in [3.05, 3.63) is 46.2 Å².